The summed E-state index contributed by atoms with van der Waals surface area (Å²) < 4.78 is 13.5. The Hall–Kier alpha value is -1.91. The number of likely N-dealkylation sites (tertiary alicyclic amines) is 1. The summed E-state index contributed by atoms with van der Waals surface area (Å²) in [6.07, 6.45) is 55.2. The lowest BCUT2D eigenvalue weighted by molar-refractivity contribution is -0.205. The van der Waals surface area contributed by atoms with Crippen LogP contribution in [0.15, 0.2) is 60.8 Å². The van der Waals surface area contributed by atoms with Crippen LogP contribution in [0.3, 0.4) is 0 Å². The van der Waals surface area contributed by atoms with Gasteiger partial charge in [0.2, 0.25) is 6.41 Å². The van der Waals surface area contributed by atoms with Crippen molar-refractivity contribution in [3.05, 3.63) is 60.8 Å². The molecular formula is C44H75NO3. The lowest BCUT2D eigenvalue weighted by atomic mass is 9.93. The van der Waals surface area contributed by atoms with Crippen molar-refractivity contribution in [2.75, 3.05) is 19.7 Å². The van der Waals surface area contributed by atoms with Crippen molar-refractivity contribution in [1.82, 2.24) is 4.90 Å². The van der Waals surface area contributed by atoms with Gasteiger partial charge in [-0.05, 0) is 89.9 Å². The smallest absolute Gasteiger partial charge is 0.209 e. The summed E-state index contributed by atoms with van der Waals surface area (Å²) >= 11 is 0. The zero-order valence-electron chi connectivity index (χ0n) is 31.5. The van der Waals surface area contributed by atoms with Gasteiger partial charge in [-0.25, -0.2) is 0 Å². The number of allylic oxidation sites excluding steroid dienone is 10. The Morgan fingerprint density at radius 1 is 0.583 bits per heavy atom. The van der Waals surface area contributed by atoms with Gasteiger partial charge in [0.05, 0.1) is 13.2 Å². The SMILES string of the molecule is CC/C=C\C/C=C\C/C=C\CCCCCCCCC1(CCCCCCCC/C=C\C/C=C\CCCCC)OCC2(CCCN(C=O)C2)O1. The normalized spacial score (nSPS) is 21.9. The van der Waals surface area contributed by atoms with Crippen LogP contribution in [-0.4, -0.2) is 42.4 Å². The van der Waals surface area contributed by atoms with Crippen LogP contribution in [0.2, 0.25) is 0 Å². The van der Waals surface area contributed by atoms with Gasteiger partial charge in [0.1, 0.15) is 5.60 Å². The van der Waals surface area contributed by atoms with E-state index >= 15 is 0 Å². The molecule has 2 fully saturated rings. The molecule has 2 saturated heterocycles. The van der Waals surface area contributed by atoms with Gasteiger partial charge in [0.25, 0.3) is 0 Å². The number of carbonyl (C=O) groups is 1. The Kier molecular flexibility index (Phi) is 25.4. The average Bonchev–Trinajstić information content (AvgIpc) is 3.44. The number of rotatable bonds is 30. The number of unbranched alkanes of at least 4 members (excludes halogenated alkanes) is 15. The summed E-state index contributed by atoms with van der Waals surface area (Å²) in [6, 6.07) is 0. The standard InChI is InChI=1S/C44H75NO3/c1-3-5-7-9-11-13-15-17-19-21-23-25-27-29-31-33-37-44(47-41-43(48-44)36-35-39-45(40-43)42-46)38-34-32-30-28-26-24-22-20-18-16-14-12-10-8-6-4-2/h5,7,11-14,17-20,42H,3-4,6,8-10,15-16,21-41H2,1-2H3/b7-5-,13-11-,14-12-,19-17-,20-18-. The Labute approximate surface area is 297 Å². The van der Waals surface area contributed by atoms with Crippen LogP contribution in [0, 0.1) is 0 Å². The van der Waals surface area contributed by atoms with Crippen LogP contribution in [0.4, 0.5) is 0 Å². The molecule has 0 bridgehead atoms. The van der Waals surface area contributed by atoms with Crippen LogP contribution in [0.25, 0.3) is 0 Å². The maximum Gasteiger partial charge on any atom is 0.209 e. The zero-order chi connectivity index (χ0) is 34.3. The summed E-state index contributed by atoms with van der Waals surface area (Å²) in [7, 11) is 0. The average molecular weight is 666 g/mol. The molecule has 2 unspecified atom stereocenters. The van der Waals surface area contributed by atoms with Crippen LogP contribution in [0.1, 0.15) is 181 Å². The highest BCUT2D eigenvalue weighted by Gasteiger charge is 2.51. The molecule has 0 aromatic carbocycles. The van der Waals surface area contributed by atoms with Gasteiger partial charge in [0, 0.05) is 19.4 Å². The first-order valence-electron chi connectivity index (χ1n) is 20.5. The molecule has 2 aliphatic rings. The number of nitrogens with zero attached hydrogens (tertiary/aromatic N) is 1. The lowest BCUT2D eigenvalue weighted by Crippen LogP contribution is -2.50. The fourth-order valence-electron chi connectivity index (χ4n) is 7.08. The number of hydrogen-bond acceptors (Lipinski definition) is 3. The fourth-order valence-corrected chi connectivity index (χ4v) is 7.08. The van der Waals surface area contributed by atoms with E-state index < -0.39 is 5.79 Å². The fraction of sp³-hybridized carbons (Fsp3) is 0.750. The molecule has 0 saturated carbocycles. The van der Waals surface area contributed by atoms with Crippen molar-refractivity contribution in [3.8, 4) is 0 Å². The minimum atomic E-state index is -0.452. The van der Waals surface area contributed by atoms with E-state index in [1.54, 1.807) is 0 Å². The van der Waals surface area contributed by atoms with E-state index in [0.29, 0.717) is 13.2 Å². The molecule has 0 radical (unpaired) electrons. The van der Waals surface area contributed by atoms with Crippen LogP contribution in [-0.2, 0) is 14.3 Å². The monoisotopic (exact) mass is 666 g/mol. The van der Waals surface area contributed by atoms with E-state index in [1.807, 2.05) is 4.90 Å². The van der Waals surface area contributed by atoms with Crippen molar-refractivity contribution in [1.29, 1.82) is 0 Å². The Morgan fingerprint density at radius 2 is 1.06 bits per heavy atom. The Balaban J connectivity index is 1.60. The third-order valence-corrected chi connectivity index (χ3v) is 9.94. The van der Waals surface area contributed by atoms with Gasteiger partial charge in [-0.15, -0.1) is 0 Å². The minimum Gasteiger partial charge on any atom is -0.347 e. The first-order valence-corrected chi connectivity index (χ1v) is 20.5. The molecule has 0 aliphatic carbocycles. The second-order valence-electron chi connectivity index (χ2n) is 14.5. The van der Waals surface area contributed by atoms with Crippen molar-refractivity contribution in [2.45, 2.75) is 192 Å². The van der Waals surface area contributed by atoms with Crippen LogP contribution < -0.4 is 0 Å². The summed E-state index contributed by atoms with van der Waals surface area (Å²) in [5.74, 6) is -0.452. The summed E-state index contributed by atoms with van der Waals surface area (Å²) in [5, 5.41) is 0. The number of carbonyl (C=O) groups excluding carboxylic acids is 1. The number of hydrogen-bond donors (Lipinski definition) is 0. The van der Waals surface area contributed by atoms with Crippen molar-refractivity contribution in [2.24, 2.45) is 0 Å². The molecule has 2 atom stereocenters. The van der Waals surface area contributed by atoms with Gasteiger partial charge in [-0.1, -0.05) is 139 Å². The first-order chi connectivity index (χ1) is 23.7. The van der Waals surface area contributed by atoms with E-state index in [1.165, 1.54) is 103 Å². The highest BCUT2D eigenvalue weighted by molar-refractivity contribution is 5.47. The molecule has 0 aromatic heterocycles. The minimum absolute atomic E-state index is 0.299. The molecule has 4 heteroatoms. The second kappa shape index (κ2) is 28.9. The first kappa shape index (κ1) is 42.3. The van der Waals surface area contributed by atoms with E-state index in [4.69, 9.17) is 9.47 Å². The molecule has 274 valence electrons. The molecule has 1 amide bonds. The van der Waals surface area contributed by atoms with Gasteiger partial charge in [-0.2, -0.15) is 0 Å². The molecule has 0 aromatic rings. The quantitative estimate of drug-likeness (QED) is 0.0435. The third-order valence-electron chi connectivity index (χ3n) is 9.94. The molecule has 48 heavy (non-hydrogen) atoms. The highest BCUT2D eigenvalue weighted by Crippen LogP contribution is 2.43. The van der Waals surface area contributed by atoms with Gasteiger partial charge >= 0.3 is 0 Å². The lowest BCUT2D eigenvalue weighted by Gasteiger charge is -2.39. The molecule has 1 spiro atoms. The largest absolute Gasteiger partial charge is 0.347 e. The molecular weight excluding hydrogens is 590 g/mol. The molecule has 2 heterocycles. The van der Waals surface area contributed by atoms with Gasteiger partial charge < -0.3 is 14.4 Å². The molecule has 2 rings (SSSR count). The van der Waals surface area contributed by atoms with Crippen LogP contribution in [0.5, 0.6) is 0 Å². The highest BCUT2D eigenvalue weighted by atomic mass is 16.8. The maximum absolute atomic E-state index is 11.6. The Bertz CT molecular complexity index is 920. The number of ether oxygens (including phenoxy) is 2. The molecule has 2 aliphatic heterocycles. The predicted molar refractivity (Wildman–Crippen MR) is 207 cm³/mol. The summed E-state index contributed by atoms with van der Waals surface area (Å²) in [6.45, 7) is 6.60. The topological polar surface area (TPSA) is 38.8 Å². The van der Waals surface area contributed by atoms with E-state index in [0.717, 1.165) is 77.2 Å². The molecule has 4 nitrogen and oxygen atoms in total. The van der Waals surface area contributed by atoms with Gasteiger partial charge in [-0.3, -0.25) is 4.79 Å². The second-order valence-corrected chi connectivity index (χ2v) is 14.5. The Morgan fingerprint density at radius 3 is 1.58 bits per heavy atom. The molecule has 0 N–H and O–H groups in total. The predicted octanol–water partition coefficient (Wildman–Crippen LogP) is 12.9. The third kappa shape index (κ3) is 20.6. The summed E-state index contributed by atoms with van der Waals surface area (Å²) in [5.41, 5.74) is -0.299. The van der Waals surface area contributed by atoms with Crippen molar-refractivity contribution in [3.63, 3.8) is 0 Å². The number of piperidine rings is 1. The van der Waals surface area contributed by atoms with Gasteiger partial charge in [0.15, 0.2) is 5.79 Å². The van der Waals surface area contributed by atoms with Crippen LogP contribution >= 0.6 is 0 Å². The van der Waals surface area contributed by atoms with E-state index in [-0.39, 0.29) is 5.60 Å². The van der Waals surface area contributed by atoms with Crippen molar-refractivity contribution >= 4 is 6.41 Å². The van der Waals surface area contributed by atoms with E-state index in [2.05, 4.69) is 74.6 Å². The van der Waals surface area contributed by atoms with Crippen molar-refractivity contribution < 1.29 is 14.3 Å². The maximum atomic E-state index is 11.6. The van der Waals surface area contributed by atoms with E-state index in [9.17, 15) is 4.79 Å². The summed E-state index contributed by atoms with van der Waals surface area (Å²) in [4.78, 5) is 13.4. The number of amides is 1. The zero-order valence-corrected chi connectivity index (χ0v) is 31.5.